The minimum Gasteiger partial charge on any atom is -0.303 e. The zero-order valence-corrected chi connectivity index (χ0v) is 5.83. The maximum Gasteiger partial charge on any atom is 0.466 e. The monoisotopic (exact) mass is 228 g/mol. The Morgan fingerprint density at radius 3 is 1.17 bits per heavy atom. The molecule has 0 rings (SSSR count). The van der Waals surface area contributed by atoms with Gasteiger partial charge >= 0.3 is 7.82 Å². The molecule has 6 heteroatoms. The molecule has 0 bridgehead atoms. The molecule has 38 valence electrons. The number of rotatable bonds is 0. The van der Waals surface area contributed by atoms with Crippen molar-refractivity contribution in [2.24, 2.45) is 0 Å². The summed E-state index contributed by atoms with van der Waals surface area (Å²) in [6.45, 7) is 0. The number of hydrogen-bond acceptors (Lipinski definition) is 1. The third kappa shape index (κ3) is 92.1. The normalized spacial score (nSPS) is 9.83. The summed E-state index contributed by atoms with van der Waals surface area (Å²) in [6, 6.07) is 0. The van der Waals surface area contributed by atoms with Crippen LogP contribution >= 0.6 is 7.82 Å². The predicted molar refractivity (Wildman–Crippen MR) is 20.0 cm³/mol. The predicted octanol–water partition coefficient (Wildman–Crippen LogP) is -1.31. The molecule has 0 aliphatic rings. The van der Waals surface area contributed by atoms with Gasteiger partial charge in [-0.1, -0.05) is 0 Å². The zero-order valence-electron chi connectivity index (χ0n) is 2.61. The van der Waals surface area contributed by atoms with Gasteiger partial charge in [-0.15, -0.1) is 0 Å². The second kappa shape index (κ2) is 2.98. The van der Waals surface area contributed by atoms with E-state index in [0.717, 1.165) is 0 Å². The number of hydrogen-bond donors (Lipinski definition) is 3. The fourth-order valence-electron chi connectivity index (χ4n) is 0. The largest absolute Gasteiger partial charge is 0.466 e. The van der Waals surface area contributed by atoms with Gasteiger partial charge in [0, 0.05) is 23.7 Å². The fraction of sp³-hybridized carbons (Fsp3) is 0. The fourth-order valence-corrected chi connectivity index (χ4v) is 0. The molecule has 0 amide bonds. The molecule has 0 aromatic heterocycles. The van der Waals surface area contributed by atoms with Crippen LogP contribution in [0.3, 0.4) is 0 Å². The Kier molecular flexibility index (Phi) is 4.96. The van der Waals surface area contributed by atoms with Crippen LogP contribution in [0.2, 0.25) is 0 Å². The Balaban J connectivity index is 0. The Morgan fingerprint density at radius 1 is 1.17 bits per heavy atom. The van der Waals surface area contributed by atoms with Gasteiger partial charge in [0.15, 0.2) is 0 Å². The van der Waals surface area contributed by atoms with Gasteiger partial charge in [-0.05, 0) is 0 Å². The van der Waals surface area contributed by atoms with Gasteiger partial charge < -0.3 is 14.7 Å². The summed E-state index contributed by atoms with van der Waals surface area (Å²) in [7, 11) is -4.64. The van der Waals surface area contributed by atoms with E-state index in [1.807, 2.05) is 0 Å². The maximum atomic E-state index is 8.88. The van der Waals surface area contributed by atoms with Gasteiger partial charge in [-0.3, -0.25) is 0 Å². The molecule has 0 unspecified atom stereocenters. The van der Waals surface area contributed by atoms with E-state index in [0.29, 0.717) is 0 Å². The SMILES string of the molecule is O=P(O)(O)O.[Te]. The zero-order chi connectivity index (χ0) is 4.50. The first-order chi connectivity index (χ1) is 2.00. The van der Waals surface area contributed by atoms with Gasteiger partial charge in [0.25, 0.3) is 0 Å². The molecule has 0 saturated heterocycles. The maximum absolute atomic E-state index is 8.88. The van der Waals surface area contributed by atoms with Crippen LogP contribution in [0.25, 0.3) is 0 Å². The Bertz CT molecular complexity index is 53.7. The van der Waals surface area contributed by atoms with Crippen molar-refractivity contribution in [1.29, 1.82) is 0 Å². The van der Waals surface area contributed by atoms with Crippen molar-refractivity contribution in [3.63, 3.8) is 0 Å². The van der Waals surface area contributed by atoms with E-state index in [2.05, 4.69) is 0 Å². The topological polar surface area (TPSA) is 77.8 Å². The van der Waals surface area contributed by atoms with Crippen molar-refractivity contribution in [2.45, 2.75) is 0 Å². The van der Waals surface area contributed by atoms with E-state index in [1.54, 1.807) is 0 Å². The average Bonchev–Trinajstić information content (AvgIpc) is 0.722. The van der Waals surface area contributed by atoms with Crippen LogP contribution in [-0.4, -0.2) is 38.3 Å². The molecular formula is H3O4PTe. The molecule has 2 radical (unpaired) electrons. The molecule has 6 heavy (non-hydrogen) atoms. The molecule has 0 aliphatic carbocycles. The van der Waals surface area contributed by atoms with E-state index in [9.17, 15) is 0 Å². The number of phosphoric acid groups is 1. The molecule has 3 N–H and O–H groups in total. The van der Waals surface area contributed by atoms with Crippen LogP contribution in [0.5, 0.6) is 0 Å². The third-order valence-corrected chi connectivity index (χ3v) is 0. The molecule has 0 aromatic rings. The van der Waals surface area contributed by atoms with E-state index < -0.39 is 7.82 Å². The van der Waals surface area contributed by atoms with Gasteiger partial charge in [-0.25, -0.2) is 4.57 Å². The summed E-state index contributed by atoms with van der Waals surface area (Å²) in [5.41, 5.74) is 0. The second-order valence-corrected chi connectivity index (χ2v) is 1.54. The molecule has 0 spiro atoms. The van der Waals surface area contributed by atoms with E-state index in [-0.39, 0.29) is 23.7 Å². The summed E-state index contributed by atoms with van der Waals surface area (Å²) in [5.74, 6) is 0. The molecule has 0 aromatic carbocycles. The second-order valence-electron chi connectivity index (χ2n) is 0.513. The van der Waals surface area contributed by atoms with Crippen molar-refractivity contribution in [3.05, 3.63) is 0 Å². The molecule has 0 fully saturated rings. The Morgan fingerprint density at radius 2 is 1.17 bits per heavy atom. The summed E-state index contributed by atoms with van der Waals surface area (Å²) in [4.78, 5) is 21.6. The smallest absolute Gasteiger partial charge is 0.303 e. The van der Waals surface area contributed by atoms with Crippen molar-refractivity contribution in [3.8, 4) is 0 Å². The van der Waals surface area contributed by atoms with Crippen molar-refractivity contribution in [1.82, 2.24) is 0 Å². The first kappa shape index (κ1) is 10.0. The minimum absolute atomic E-state index is 0. The van der Waals surface area contributed by atoms with Crippen LogP contribution in [0, 0.1) is 0 Å². The molecule has 4 nitrogen and oxygen atoms in total. The van der Waals surface area contributed by atoms with Gasteiger partial charge in [0.2, 0.25) is 0 Å². The first-order valence-corrected chi connectivity index (χ1v) is 2.35. The average molecular weight is 226 g/mol. The third-order valence-electron chi connectivity index (χ3n) is 0. The molecule has 0 heterocycles. The molecule has 0 saturated carbocycles. The summed E-state index contributed by atoms with van der Waals surface area (Å²) in [5, 5.41) is 0. The minimum atomic E-state index is -4.64. The first-order valence-electron chi connectivity index (χ1n) is 0.783. The van der Waals surface area contributed by atoms with E-state index in [1.165, 1.54) is 0 Å². The van der Waals surface area contributed by atoms with Crippen molar-refractivity contribution in [2.75, 3.05) is 0 Å². The van der Waals surface area contributed by atoms with Gasteiger partial charge in [0.05, 0.1) is 0 Å². The van der Waals surface area contributed by atoms with Gasteiger partial charge in [0.1, 0.15) is 0 Å². The van der Waals surface area contributed by atoms with Crippen LogP contribution in [0.15, 0.2) is 0 Å². The van der Waals surface area contributed by atoms with Crippen LogP contribution < -0.4 is 0 Å². The summed E-state index contributed by atoms with van der Waals surface area (Å²) in [6.07, 6.45) is 0. The molecule has 0 atom stereocenters. The van der Waals surface area contributed by atoms with Crippen molar-refractivity contribution < 1.29 is 19.2 Å². The molecular weight excluding hydrogens is 223 g/mol. The summed E-state index contributed by atoms with van der Waals surface area (Å²) >= 11 is 0. The Hall–Kier alpha value is 0.900. The van der Waals surface area contributed by atoms with E-state index in [4.69, 9.17) is 19.2 Å². The van der Waals surface area contributed by atoms with E-state index >= 15 is 0 Å². The van der Waals surface area contributed by atoms with Gasteiger partial charge in [-0.2, -0.15) is 0 Å². The summed E-state index contributed by atoms with van der Waals surface area (Å²) < 4.78 is 8.88. The Labute approximate surface area is 51.2 Å². The van der Waals surface area contributed by atoms with Crippen molar-refractivity contribution >= 4 is 31.5 Å². The van der Waals surface area contributed by atoms with Crippen LogP contribution in [0.4, 0.5) is 0 Å². The standard InChI is InChI=1S/H3O4P.Te/c1-5(2,3)4;/h(H3,1,2,3,4);. The molecule has 0 aliphatic heterocycles. The van der Waals surface area contributed by atoms with Crippen LogP contribution in [-0.2, 0) is 4.57 Å². The van der Waals surface area contributed by atoms with Crippen LogP contribution in [0.1, 0.15) is 0 Å². The quantitative estimate of drug-likeness (QED) is 0.353.